The monoisotopic (exact) mass is 476 g/mol. The Labute approximate surface area is 202 Å². The Morgan fingerprint density at radius 2 is 1.85 bits per heavy atom. The number of piperidine rings is 1. The van der Waals surface area contributed by atoms with E-state index in [9.17, 15) is 4.79 Å². The molecule has 0 aliphatic carbocycles. The van der Waals surface area contributed by atoms with Crippen LogP contribution in [0.1, 0.15) is 31.2 Å². The third kappa shape index (κ3) is 3.86. The number of fused-ring (bicyclic) bond motifs is 1. The smallest absolute Gasteiger partial charge is 0.263 e. The third-order valence-corrected chi connectivity index (χ3v) is 7.18. The third-order valence-electron chi connectivity index (χ3n) is 6.95. The standard InChI is InChI=1S/C27H26ClFN4O/c1-17-30-22-15-23(33-13-7-12-27(2,16-33)18-8-5-4-6-9-18)31-25(24(22)26(34)32(17)3)20-11-10-19(28)14-21(20)29/h4-6,8-11,14-15H,7,12-13,16H2,1-3H3/t27-/m1/s1. The lowest BCUT2D eigenvalue weighted by atomic mass is 9.76. The fourth-order valence-corrected chi connectivity index (χ4v) is 5.09. The van der Waals surface area contributed by atoms with E-state index in [1.165, 1.54) is 16.2 Å². The van der Waals surface area contributed by atoms with Crippen molar-refractivity contribution in [2.45, 2.75) is 32.1 Å². The highest BCUT2D eigenvalue weighted by atomic mass is 35.5. The summed E-state index contributed by atoms with van der Waals surface area (Å²) in [5.74, 6) is 0.762. The van der Waals surface area contributed by atoms with E-state index in [1.807, 2.05) is 12.1 Å². The molecule has 0 spiro atoms. The zero-order valence-electron chi connectivity index (χ0n) is 19.5. The van der Waals surface area contributed by atoms with E-state index in [0.29, 0.717) is 33.3 Å². The van der Waals surface area contributed by atoms with Crippen molar-refractivity contribution in [3.05, 3.63) is 87.2 Å². The molecule has 34 heavy (non-hydrogen) atoms. The summed E-state index contributed by atoms with van der Waals surface area (Å²) in [7, 11) is 1.66. The SMILES string of the molecule is Cc1nc2cc(N3CCC[C@@](C)(c4ccccc4)C3)nc(-c3ccc(Cl)cc3F)c2c(=O)n1C. The van der Waals surface area contributed by atoms with Crippen LogP contribution in [0, 0.1) is 12.7 Å². The van der Waals surface area contributed by atoms with Crippen LogP contribution in [0.2, 0.25) is 5.02 Å². The van der Waals surface area contributed by atoms with Crippen molar-refractivity contribution in [3.63, 3.8) is 0 Å². The van der Waals surface area contributed by atoms with Crippen molar-refractivity contribution in [1.29, 1.82) is 0 Å². The summed E-state index contributed by atoms with van der Waals surface area (Å²) < 4.78 is 16.5. The highest BCUT2D eigenvalue weighted by Crippen LogP contribution is 2.37. The first-order valence-corrected chi connectivity index (χ1v) is 11.8. The highest BCUT2D eigenvalue weighted by Gasteiger charge is 2.33. The first-order valence-electron chi connectivity index (χ1n) is 11.4. The summed E-state index contributed by atoms with van der Waals surface area (Å²) in [6, 6.07) is 16.8. The Morgan fingerprint density at radius 3 is 2.59 bits per heavy atom. The number of hydrogen-bond donors (Lipinski definition) is 0. The molecule has 3 heterocycles. The maximum Gasteiger partial charge on any atom is 0.263 e. The molecule has 1 aliphatic heterocycles. The van der Waals surface area contributed by atoms with Crippen LogP contribution in [0.25, 0.3) is 22.2 Å². The molecule has 0 unspecified atom stereocenters. The number of pyridine rings is 1. The summed E-state index contributed by atoms with van der Waals surface area (Å²) >= 11 is 6.00. The van der Waals surface area contributed by atoms with Crippen molar-refractivity contribution >= 4 is 28.3 Å². The minimum atomic E-state index is -0.520. The molecule has 0 bridgehead atoms. The van der Waals surface area contributed by atoms with Crippen LogP contribution in [0.3, 0.4) is 0 Å². The van der Waals surface area contributed by atoms with Crippen LogP contribution in [0.4, 0.5) is 10.2 Å². The Kier molecular flexibility index (Phi) is 5.64. The molecule has 2 aromatic carbocycles. The van der Waals surface area contributed by atoms with Gasteiger partial charge in [0.2, 0.25) is 0 Å². The van der Waals surface area contributed by atoms with Crippen LogP contribution >= 0.6 is 11.6 Å². The van der Waals surface area contributed by atoms with Crippen molar-refractivity contribution in [2.75, 3.05) is 18.0 Å². The number of halogens is 2. The normalized spacial score (nSPS) is 18.4. The molecule has 2 aromatic heterocycles. The molecule has 1 fully saturated rings. The van der Waals surface area contributed by atoms with Crippen molar-refractivity contribution < 1.29 is 4.39 Å². The summed E-state index contributed by atoms with van der Waals surface area (Å²) in [5, 5.41) is 0.596. The van der Waals surface area contributed by atoms with Crippen molar-refractivity contribution in [1.82, 2.24) is 14.5 Å². The van der Waals surface area contributed by atoms with Gasteiger partial charge in [0.15, 0.2) is 0 Å². The van der Waals surface area contributed by atoms with Gasteiger partial charge in [-0.3, -0.25) is 9.36 Å². The van der Waals surface area contributed by atoms with E-state index >= 15 is 4.39 Å². The predicted octanol–water partition coefficient (Wildman–Crippen LogP) is 5.65. The predicted molar refractivity (Wildman–Crippen MR) is 135 cm³/mol. The number of benzene rings is 2. The molecular weight excluding hydrogens is 451 g/mol. The van der Waals surface area contributed by atoms with Gasteiger partial charge in [-0.25, -0.2) is 14.4 Å². The minimum absolute atomic E-state index is 0.0437. The molecule has 174 valence electrons. The average molecular weight is 477 g/mol. The fraction of sp³-hybridized carbons (Fsp3) is 0.296. The maximum atomic E-state index is 15.0. The quantitative estimate of drug-likeness (QED) is 0.383. The summed E-state index contributed by atoms with van der Waals surface area (Å²) in [5.41, 5.74) is 2.04. The van der Waals surface area contributed by atoms with Gasteiger partial charge in [0, 0.05) is 42.2 Å². The Balaban J connectivity index is 1.70. The van der Waals surface area contributed by atoms with E-state index in [2.05, 4.69) is 41.1 Å². The largest absolute Gasteiger partial charge is 0.356 e. The molecular formula is C27H26ClFN4O. The van der Waals surface area contributed by atoms with Crippen LogP contribution in [0.15, 0.2) is 59.4 Å². The van der Waals surface area contributed by atoms with Crippen LogP contribution < -0.4 is 10.5 Å². The van der Waals surface area contributed by atoms with Crippen LogP contribution in [-0.2, 0) is 12.5 Å². The molecule has 0 amide bonds. The van der Waals surface area contributed by atoms with Crippen LogP contribution in [0.5, 0.6) is 0 Å². The van der Waals surface area contributed by atoms with E-state index < -0.39 is 5.82 Å². The molecule has 0 N–H and O–H groups in total. The number of nitrogens with zero attached hydrogens (tertiary/aromatic N) is 4. The number of hydrogen-bond acceptors (Lipinski definition) is 4. The molecule has 1 aliphatic rings. The lowest BCUT2D eigenvalue weighted by molar-refractivity contribution is 0.372. The second-order valence-electron chi connectivity index (χ2n) is 9.32. The number of rotatable bonds is 3. The summed E-state index contributed by atoms with van der Waals surface area (Å²) in [6.45, 7) is 5.65. The molecule has 0 radical (unpaired) electrons. The molecule has 5 nitrogen and oxygen atoms in total. The van der Waals surface area contributed by atoms with Crippen LogP contribution in [-0.4, -0.2) is 27.6 Å². The lowest BCUT2D eigenvalue weighted by Gasteiger charge is -2.41. The first-order chi connectivity index (χ1) is 16.3. The van der Waals surface area contributed by atoms with Gasteiger partial charge in [-0.2, -0.15) is 0 Å². The Morgan fingerprint density at radius 1 is 1.09 bits per heavy atom. The zero-order valence-corrected chi connectivity index (χ0v) is 20.2. The van der Waals surface area contributed by atoms with E-state index in [0.717, 1.165) is 25.9 Å². The maximum absolute atomic E-state index is 15.0. The molecule has 1 saturated heterocycles. The minimum Gasteiger partial charge on any atom is -0.356 e. The zero-order chi connectivity index (χ0) is 24.0. The van der Waals surface area contributed by atoms with Gasteiger partial charge >= 0.3 is 0 Å². The van der Waals surface area contributed by atoms with Crippen molar-refractivity contribution in [2.24, 2.45) is 7.05 Å². The molecule has 7 heteroatoms. The first kappa shape index (κ1) is 22.5. The van der Waals surface area contributed by atoms with Gasteiger partial charge in [0.1, 0.15) is 17.5 Å². The highest BCUT2D eigenvalue weighted by molar-refractivity contribution is 6.30. The fourth-order valence-electron chi connectivity index (χ4n) is 4.93. The van der Waals surface area contributed by atoms with Crippen molar-refractivity contribution in [3.8, 4) is 11.3 Å². The number of aryl methyl sites for hydroxylation is 1. The van der Waals surface area contributed by atoms with Gasteiger partial charge in [-0.15, -0.1) is 0 Å². The summed E-state index contributed by atoms with van der Waals surface area (Å²) in [6.07, 6.45) is 2.07. The molecule has 4 aromatic rings. The number of aromatic nitrogens is 3. The molecule has 5 rings (SSSR count). The average Bonchev–Trinajstić information content (AvgIpc) is 2.82. The van der Waals surface area contributed by atoms with Gasteiger partial charge in [0.25, 0.3) is 5.56 Å². The second-order valence-corrected chi connectivity index (χ2v) is 9.76. The van der Waals surface area contributed by atoms with E-state index in [-0.39, 0.29) is 16.5 Å². The van der Waals surface area contributed by atoms with Gasteiger partial charge < -0.3 is 4.90 Å². The van der Waals surface area contributed by atoms with Gasteiger partial charge in [0.05, 0.1) is 16.6 Å². The molecule has 0 saturated carbocycles. The molecule has 1 atom stereocenters. The Hall–Kier alpha value is -3.25. The van der Waals surface area contributed by atoms with Gasteiger partial charge in [-0.05, 0) is 43.5 Å². The number of anilines is 1. The van der Waals surface area contributed by atoms with Gasteiger partial charge in [-0.1, -0.05) is 48.9 Å². The summed E-state index contributed by atoms with van der Waals surface area (Å²) in [4.78, 5) is 25.0. The van der Waals surface area contributed by atoms with E-state index in [4.69, 9.17) is 16.6 Å². The second kappa shape index (κ2) is 8.51. The topological polar surface area (TPSA) is 51.0 Å². The Bertz CT molecular complexity index is 1450. The van der Waals surface area contributed by atoms with E-state index in [1.54, 1.807) is 26.1 Å². The lowest BCUT2D eigenvalue weighted by Crippen LogP contribution is -2.44.